The van der Waals surface area contributed by atoms with Crippen LogP contribution >= 0.6 is 15.9 Å². The van der Waals surface area contributed by atoms with Gasteiger partial charge < -0.3 is 14.6 Å². The molecule has 1 amide bonds. The molecule has 30 heavy (non-hydrogen) atoms. The van der Waals surface area contributed by atoms with Crippen molar-refractivity contribution in [2.45, 2.75) is 37.5 Å². The normalized spacial score (nSPS) is 14.7. The Hall–Kier alpha value is -2.67. The first-order chi connectivity index (χ1) is 14.6. The van der Waals surface area contributed by atoms with Crippen molar-refractivity contribution in [3.63, 3.8) is 0 Å². The number of rotatable bonds is 8. The average Bonchev–Trinajstić information content (AvgIpc) is 3.21. The van der Waals surface area contributed by atoms with Crippen LogP contribution in [0.5, 0.6) is 5.75 Å². The van der Waals surface area contributed by atoms with E-state index in [0.717, 1.165) is 28.6 Å². The number of hydrogen-bond acceptors (Lipinski definition) is 5. The van der Waals surface area contributed by atoms with E-state index >= 15 is 0 Å². The van der Waals surface area contributed by atoms with Gasteiger partial charge in [0, 0.05) is 34.8 Å². The van der Waals surface area contributed by atoms with Crippen LogP contribution in [0.1, 0.15) is 37.1 Å². The zero-order valence-electron chi connectivity index (χ0n) is 16.9. The van der Waals surface area contributed by atoms with Crippen LogP contribution in [-0.2, 0) is 16.6 Å². The van der Waals surface area contributed by atoms with Gasteiger partial charge in [-0.05, 0) is 54.8 Å². The lowest BCUT2D eigenvalue weighted by molar-refractivity contribution is -0.121. The molecule has 1 fully saturated rings. The molecule has 6 nitrogen and oxygen atoms in total. The van der Waals surface area contributed by atoms with Gasteiger partial charge >= 0.3 is 0 Å². The predicted molar refractivity (Wildman–Crippen MR) is 117 cm³/mol. The van der Waals surface area contributed by atoms with Crippen molar-refractivity contribution in [3.8, 4) is 17.1 Å². The second kappa shape index (κ2) is 9.00. The van der Waals surface area contributed by atoms with Crippen LogP contribution in [-0.4, -0.2) is 29.7 Å². The van der Waals surface area contributed by atoms with Crippen molar-refractivity contribution in [1.29, 1.82) is 0 Å². The van der Waals surface area contributed by atoms with Crippen LogP contribution in [0.3, 0.4) is 0 Å². The Morgan fingerprint density at radius 1 is 1.23 bits per heavy atom. The maximum absolute atomic E-state index is 12.4. The summed E-state index contributed by atoms with van der Waals surface area (Å²) < 4.78 is 11.5. The third kappa shape index (κ3) is 4.56. The van der Waals surface area contributed by atoms with Gasteiger partial charge in [-0.2, -0.15) is 4.98 Å². The molecule has 0 atom stereocenters. The third-order valence-electron chi connectivity index (χ3n) is 5.75. The number of ether oxygens (including phenoxy) is 1. The molecule has 2 aromatic carbocycles. The van der Waals surface area contributed by atoms with Crippen LogP contribution in [0.25, 0.3) is 11.4 Å². The zero-order valence-corrected chi connectivity index (χ0v) is 18.4. The number of halogens is 1. The van der Waals surface area contributed by atoms with Gasteiger partial charge in [-0.25, -0.2) is 0 Å². The first-order valence-corrected chi connectivity index (χ1v) is 10.9. The number of nitrogens with zero attached hydrogens (tertiary/aromatic N) is 2. The number of nitrogens with one attached hydrogen (secondary N) is 1. The van der Waals surface area contributed by atoms with E-state index < -0.39 is 0 Å². The van der Waals surface area contributed by atoms with Crippen LogP contribution < -0.4 is 10.1 Å². The van der Waals surface area contributed by atoms with E-state index in [1.807, 2.05) is 30.3 Å². The van der Waals surface area contributed by atoms with Gasteiger partial charge in [0.05, 0.1) is 7.11 Å². The van der Waals surface area contributed by atoms with E-state index in [4.69, 9.17) is 9.26 Å². The standard InChI is InChI=1S/C23H24BrN3O3/c1-29-19-8-6-16(7-9-19)22-26-21(30-27-22)11-10-20(28)25-15-23(12-3-13-23)17-4-2-5-18(24)14-17/h2,4-9,14H,3,10-13,15H2,1H3,(H,25,28). The summed E-state index contributed by atoms with van der Waals surface area (Å²) in [6, 6.07) is 15.8. The summed E-state index contributed by atoms with van der Waals surface area (Å²) in [5.41, 5.74) is 2.17. The lowest BCUT2D eigenvalue weighted by Gasteiger charge is -2.42. The molecule has 0 aliphatic heterocycles. The monoisotopic (exact) mass is 469 g/mol. The molecule has 0 unspecified atom stereocenters. The first-order valence-electron chi connectivity index (χ1n) is 10.1. The van der Waals surface area contributed by atoms with Gasteiger partial charge in [0.2, 0.25) is 17.6 Å². The molecule has 1 heterocycles. The summed E-state index contributed by atoms with van der Waals surface area (Å²) in [7, 11) is 1.62. The highest BCUT2D eigenvalue weighted by Gasteiger charge is 2.38. The Balaban J connectivity index is 1.30. The molecule has 4 rings (SSSR count). The molecule has 1 aliphatic rings. The van der Waals surface area contributed by atoms with Gasteiger partial charge in [-0.1, -0.05) is 39.6 Å². The van der Waals surface area contributed by atoms with E-state index in [9.17, 15) is 4.79 Å². The van der Waals surface area contributed by atoms with Crippen LogP contribution in [0.4, 0.5) is 0 Å². The minimum Gasteiger partial charge on any atom is -0.497 e. The summed E-state index contributed by atoms with van der Waals surface area (Å²) in [5, 5.41) is 7.12. The van der Waals surface area contributed by atoms with Gasteiger partial charge in [-0.15, -0.1) is 0 Å². The molecule has 1 saturated carbocycles. The fourth-order valence-corrected chi connectivity index (χ4v) is 4.18. The molecule has 7 heteroatoms. The van der Waals surface area contributed by atoms with E-state index in [1.165, 1.54) is 12.0 Å². The molecule has 0 saturated heterocycles. The topological polar surface area (TPSA) is 77.2 Å². The lowest BCUT2D eigenvalue weighted by atomic mass is 9.64. The number of benzene rings is 2. The highest BCUT2D eigenvalue weighted by atomic mass is 79.9. The van der Waals surface area contributed by atoms with Crippen LogP contribution in [0.15, 0.2) is 57.5 Å². The van der Waals surface area contributed by atoms with Gasteiger partial charge in [0.25, 0.3) is 0 Å². The highest BCUT2D eigenvalue weighted by Crippen LogP contribution is 2.43. The summed E-state index contributed by atoms with van der Waals surface area (Å²) >= 11 is 3.55. The van der Waals surface area contributed by atoms with Gasteiger partial charge in [0.15, 0.2) is 0 Å². The summed E-state index contributed by atoms with van der Waals surface area (Å²) in [5.74, 6) is 1.74. The fourth-order valence-electron chi connectivity index (χ4n) is 3.78. The summed E-state index contributed by atoms with van der Waals surface area (Å²) in [4.78, 5) is 16.8. The molecular weight excluding hydrogens is 446 g/mol. The molecule has 3 aromatic rings. The number of aromatic nitrogens is 2. The third-order valence-corrected chi connectivity index (χ3v) is 6.25. The number of amides is 1. The predicted octanol–water partition coefficient (Wildman–Crippen LogP) is 4.68. The molecule has 0 spiro atoms. The number of hydrogen-bond donors (Lipinski definition) is 1. The molecule has 1 aromatic heterocycles. The SMILES string of the molecule is COc1ccc(-c2noc(CCC(=O)NCC3(c4cccc(Br)c4)CCC3)n2)cc1. The van der Waals surface area contributed by atoms with Crippen molar-refractivity contribution in [2.75, 3.05) is 13.7 Å². The Morgan fingerprint density at radius 3 is 2.70 bits per heavy atom. The van der Waals surface area contributed by atoms with Gasteiger partial charge in [-0.3, -0.25) is 4.79 Å². The van der Waals surface area contributed by atoms with Crippen molar-refractivity contribution in [3.05, 3.63) is 64.5 Å². The Morgan fingerprint density at radius 2 is 2.03 bits per heavy atom. The molecule has 156 valence electrons. The van der Waals surface area contributed by atoms with Crippen LogP contribution in [0.2, 0.25) is 0 Å². The maximum atomic E-state index is 12.4. The van der Waals surface area contributed by atoms with E-state index in [2.05, 4.69) is 49.6 Å². The largest absolute Gasteiger partial charge is 0.497 e. The minimum absolute atomic E-state index is 0.000435. The Bertz CT molecular complexity index is 1010. The second-order valence-electron chi connectivity index (χ2n) is 7.66. The lowest BCUT2D eigenvalue weighted by Crippen LogP contribution is -2.45. The zero-order chi connectivity index (χ0) is 21.0. The summed E-state index contributed by atoms with van der Waals surface area (Å²) in [6.07, 6.45) is 4.12. The Kier molecular flexibility index (Phi) is 6.18. The molecular formula is C23H24BrN3O3. The Labute approximate surface area is 184 Å². The summed E-state index contributed by atoms with van der Waals surface area (Å²) in [6.45, 7) is 0.656. The first kappa shape index (κ1) is 20.6. The van der Waals surface area contributed by atoms with E-state index in [-0.39, 0.29) is 11.3 Å². The maximum Gasteiger partial charge on any atom is 0.227 e. The van der Waals surface area contributed by atoms with Crippen molar-refractivity contribution in [2.24, 2.45) is 0 Å². The van der Waals surface area contributed by atoms with Gasteiger partial charge in [0.1, 0.15) is 5.75 Å². The fraction of sp³-hybridized carbons (Fsp3) is 0.348. The van der Waals surface area contributed by atoms with Crippen molar-refractivity contribution >= 4 is 21.8 Å². The highest BCUT2D eigenvalue weighted by molar-refractivity contribution is 9.10. The quantitative estimate of drug-likeness (QED) is 0.518. The number of methoxy groups -OCH3 is 1. The average molecular weight is 470 g/mol. The molecule has 0 radical (unpaired) electrons. The van der Waals surface area contributed by atoms with E-state index in [1.54, 1.807) is 7.11 Å². The van der Waals surface area contributed by atoms with Crippen molar-refractivity contribution < 1.29 is 14.1 Å². The van der Waals surface area contributed by atoms with E-state index in [0.29, 0.717) is 31.1 Å². The van der Waals surface area contributed by atoms with Crippen LogP contribution in [0, 0.1) is 0 Å². The number of aryl methyl sites for hydroxylation is 1. The molecule has 0 bridgehead atoms. The minimum atomic E-state index is 0.000435. The molecule has 1 N–H and O–H groups in total. The second-order valence-corrected chi connectivity index (χ2v) is 8.58. The molecule has 1 aliphatic carbocycles. The number of carbonyl (C=O) groups excluding carboxylic acids is 1. The number of carbonyl (C=O) groups is 1. The smallest absolute Gasteiger partial charge is 0.227 e. The van der Waals surface area contributed by atoms with Crippen molar-refractivity contribution in [1.82, 2.24) is 15.5 Å².